The third-order valence-corrected chi connectivity index (χ3v) is 2.69. The molecule has 0 heterocycles. The normalized spacial score (nSPS) is 11.6. The summed E-state index contributed by atoms with van der Waals surface area (Å²) in [5, 5.41) is 9.76. The molecule has 1 aromatic rings. The number of nitrogens with zero attached hydrogens (tertiary/aromatic N) is 1. The molecule has 0 aliphatic rings. The minimum Gasteiger partial charge on any atom is -0.389 e. The van der Waals surface area contributed by atoms with Gasteiger partial charge in [-0.05, 0) is 5.56 Å². The van der Waals surface area contributed by atoms with E-state index < -0.39 is 6.10 Å². The lowest BCUT2D eigenvalue weighted by atomic mass is 10.2. The zero-order valence-electron chi connectivity index (χ0n) is 11.7. The Hall–Kier alpha value is -1.14. The highest BCUT2D eigenvalue weighted by Crippen LogP contribution is 2.01. The number of halogens is 1. The summed E-state index contributed by atoms with van der Waals surface area (Å²) in [4.78, 5) is 12.9. The number of likely N-dealkylation sites (N-methyl/N-ethyl adjacent to an activating group) is 1. The van der Waals surface area contributed by atoms with Gasteiger partial charge in [-0.2, -0.15) is 0 Å². The van der Waals surface area contributed by atoms with Gasteiger partial charge in [0.25, 0.3) is 0 Å². The van der Waals surface area contributed by atoms with Crippen molar-refractivity contribution in [1.29, 1.82) is 0 Å². The van der Waals surface area contributed by atoms with Gasteiger partial charge in [0.15, 0.2) is 0 Å². The van der Waals surface area contributed by atoms with Crippen LogP contribution in [0.25, 0.3) is 0 Å². The van der Waals surface area contributed by atoms with Gasteiger partial charge in [-0.15, -0.1) is 12.4 Å². The molecule has 1 atom stereocenters. The van der Waals surface area contributed by atoms with E-state index in [0.29, 0.717) is 19.6 Å². The summed E-state index contributed by atoms with van der Waals surface area (Å²) in [6.07, 6.45) is -0.385. The molecule has 0 aliphatic heterocycles. The molecule has 0 fully saturated rings. The monoisotopic (exact) mass is 302 g/mol. The molecule has 1 unspecified atom stereocenters. The second kappa shape index (κ2) is 10.6. The van der Waals surface area contributed by atoms with Crippen molar-refractivity contribution >= 4 is 18.3 Å². The van der Waals surface area contributed by atoms with Crippen LogP contribution >= 0.6 is 12.4 Å². The first-order valence-electron chi connectivity index (χ1n) is 6.37. The molecule has 0 aliphatic carbocycles. The Labute approximate surface area is 126 Å². The van der Waals surface area contributed by atoms with Crippen molar-refractivity contribution in [1.82, 2.24) is 4.90 Å². The molecule has 0 bridgehead atoms. The third kappa shape index (κ3) is 7.45. The van der Waals surface area contributed by atoms with Crippen LogP contribution in [0.15, 0.2) is 30.3 Å². The summed E-state index contributed by atoms with van der Waals surface area (Å²) in [5.74, 6) is -0.0652. The van der Waals surface area contributed by atoms with Crippen LogP contribution in [0.1, 0.15) is 12.0 Å². The fraction of sp³-hybridized carbons (Fsp3) is 0.500. The average Bonchev–Trinajstić information content (AvgIpc) is 2.40. The van der Waals surface area contributed by atoms with Crippen LogP contribution in [0.2, 0.25) is 0 Å². The van der Waals surface area contributed by atoms with Crippen LogP contribution in [-0.2, 0) is 16.1 Å². The number of carbonyl (C=O) groups is 1. The minimum absolute atomic E-state index is 0. The number of ether oxygens (including phenoxy) is 1. The van der Waals surface area contributed by atoms with Gasteiger partial charge < -0.3 is 20.5 Å². The van der Waals surface area contributed by atoms with E-state index in [4.69, 9.17) is 10.5 Å². The Morgan fingerprint density at radius 1 is 1.40 bits per heavy atom. The van der Waals surface area contributed by atoms with E-state index in [1.165, 1.54) is 4.90 Å². The van der Waals surface area contributed by atoms with Gasteiger partial charge in [0.2, 0.25) is 5.91 Å². The molecule has 6 heteroatoms. The van der Waals surface area contributed by atoms with Gasteiger partial charge in [-0.25, -0.2) is 0 Å². The van der Waals surface area contributed by atoms with Gasteiger partial charge in [-0.3, -0.25) is 4.79 Å². The standard InChI is InChI=1S/C14H22N2O3.ClH/c1-16(14(18)7-8-15)9-13(17)11-19-10-12-5-3-2-4-6-12;/h2-6,13,17H,7-11,15H2,1H3;1H. The number of nitrogens with two attached hydrogens (primary N) is 1. The summed E-state index contributed by atoms with van der Waals surface area (Å²) in [5.41, 5.74) is 6.37. The molecular weight excluding hydrogens is 280 g/mol. The molecule has 1 rings (SSSR count). The first-order valence-corrected chi connectivity index (χ1v) is 6.37. The SMILES string of the molecule is CN(CC(O)COCc1ccccc1)C(=O)CCN.Cl. The highest BCUT2D eigenvalue weighted by atomic mass is 35.5. The zero-order valence-corrected chi connectivity index (χ0v) is 12.5. The number of benzene rings is 1. The Balaban J connectivity index is 0.00000361. The highest BCUT2D eigenvalue weighted by molar-refractivity contribution is 5.85. The first kappa shape index (κ1) is 18.9. The number of hydrogen-bond acceptors (Lipinski definition) is 4. The summed E-state index contributed by atoms with van der Waals surface area (Å²) in [7, 11) is 1.65. The van der Waals surface area contributed by atoms with Crippen molar-refractivity contribution in [2.24, 2.45) is 5.73 Å². The molecule has 0 spiro atoms. The van der Waals surface area contributed by atoms with E-state index in [9.17, 15) is 9.90 Å². The van der Waals surface area contributed by atoms with Crippen LogP contribution in [0.4, 0.5) is 0 Å². The predicted molar refractivity (Wildman–Crippen MR) is 80.7 cm³/mol. The number of aliphatic hydroxyl groups excluding tert-OH is 1. The number of rotatable bonds is 8. The van der Waals surface area contributed by atoms with Gasteiger partial charge in [0.1, 0.15) is 0 Å². The zero-order chi connectivity index (χ0) is 14.1. The Kier molecular flexibility index (Phi) is 10.0. The third-order valence-electron chi connectivity index (χ3n) is 2.69. The first-order chi connectivity index (χ1) is 9.13. The predicted octanol–water partition coefficient (Wildman–Crippen LogP) is 0.793. The van der Waals surface area contributed by atoms with Gasteiger partial charge in [0.05, 0.1) is 19.3 Å². The van der Waals surface area contributed by atoms with Crippen molar-refractivity contribution in [2.75, 3.05) is 26.7 Å². The maximum absolute atomic E-state index is 11.5. The largest absolute Gasteiger partial charge is 0.389 e. The fourth-order valence-corrected chi connectivity index (χ4v) is 1.67. The van der Waals surface area contributed by atoms with Crippen molar-refractivity contribution in [3.05, 3.63) is 35.9 Å². The molecule has 114 valence electrons. The van der Waals surface area contributed by atoms with Crippen molar-refractivity contribution < 1.29 is 14.6 Å². The van der Waals surface area contributed by atoms with E-state index in [2.05, 4.69) is 0 Å². The van der Waals surface area contributed by atoms with Crippen LogP contribution in [0.3, 0.4) is 0 Å². The minimum atomic E-state index is -0.685. The Bertz CT molecular complexity index is 376. The molecular formula is C14H23ClN2O3. The quantitative estimate of drug-likeness (QED) is 0.744. The molecule has 0 radical (unpaired) electrons. The summed E-state index contributed by atoms with van der Waals surface area (Å²) in [6, 6.07) is 9.74. The smallest absolute Gasteiger partial charge is 0.223 e. The second-order valence-corrected chi connectivity index (χ2v) is 4.47. The number of hydrogen-bond donors (Lipinski definition) is 2. The maximum atomic E-state index is 11.5. The van der Waals surface area contributed by atoms with Crippen molar-refractivity contribution in [3.63, 3.8) is 0 Å². The van der Waals surface area contributed by atoms with Crippen LogP contribution in [0.5, 0.6) is 0 Å². The molecule has 20 heavy (non-hydrogen) atoms. The number of aliphatic hydroxyl groups is 1. The highest BCUT2D eigenvalue weighted by Gasteiger charge is 2.13. The summed E-state index contributed by atoms with van der Waals surface area (Å²) >= 11 is 0. The van der Waals surface area contributed by atoms with Gasteiger partial charge >= 0.3 is 0 Å². The average molecular weight is 303 g/mol. The fourth-order valence-electron chi connectivity index (χ4n) is 1.67. The Morgan fingerprint density at radius 3 is 2.65 bits per heavy atom. The molecule has 5 nitrogen and oxygen atoms in total. The van der Waals surface area contributed by atoms with E-state index in [0.717, 1.165) is 5.56 Å². The van der Waals surface area contributed by atoms with Gasteiger partial charge in [-0.1, -0.05) is 30.3 Å². The molecule has 3 N–H and O–H groups in total. The van der Waals surface area contributed by atoms with Crippen molar-refractivity contribution in [2.45, 2.75) is 19.1 Å². The molecule has 0 saturated carbocycles. The maximum Gasteiger partial charge on any atom is 0.223 e. The van der Waals surface area contributed by atoms with E-state index in [1.807, 2.05) is 30.3 Å². The van der Waals surface area contributed by atoms with Crippen molar-refractivity contribution in [3.8, 4) is 0 Å². The molecule has 1 amide bonds. The Morgan fingerprint density at radius 2 is 2.05 bits per heavy atom. The molecule has 0 aromatic heterocycles. The van der Waals surface area contributed by atoms with E-state index >= 15 is 0 Å². The lowest BCUT2D eigenvalue weighted by molar-refractivity contribution is -0.131. The topological polar surface area (TPSA) is 75.8 Å². The van der Waals surface area contributed by atoms with Crippen LogP contribution in [-0.4, -0.2) is 48.8 Å². The van der Waals surface area contributed by atoms with Crippen LogP contribution in [0, 0.1) is 0 Å². The number of amides is 1. The van der Waals surface area contributed by atoms with E-state index in [1.54, 1.807) is 7.05 Å². The lowest BCUT2D eigenvalue weighted by Crippen LogP contribution is -2.37. The number of carbonyl (C=O) groups excluding carboxylic acids is 1. The summed E-state index contributed by atoms with van der Waals surface area (Å²) in [6.45, 7) is 1.24. The van der Waals surface area contributed by atoms with Gasteiger partial charge in [0, 0.05) is 26.6 Å². The molecule has 1 aromatic carbocycles. The lowest BCUT2D eigenvalue weighted by Gasteiger charge is -2.20. The second-order valence-electron chi connectivity index (χ2n) is 4.47. The molecule has 0 saturated heterocycles. The summed E-state index contributed by atoms with van der Waals surface area (Å²) < 4.78 is 5.41. The van der Waals surface area contributed by atoms with Crippen LogP contribution < -0.4 is 5.73 Å². The van der Waals surface area contributed by atoms with E-state index in [-0.39, 0.29) is 31.5 Å².